The van der Waals surface area contributed by atoms with Crippen molar-refractivity contribution in [3.63, 3.8) is 0 Å². The first-order valence-electron chi connectivity index (χ1n) is 10.1. The number of aliphatic imine (C=N–C) groups is 1. The number of nitrogens with one attached hydrogen (secondary N) is 2. The van der Waals surface area contributed by atoms with E-state index < -0.39 is 10.0 Å². The summed E-state index contributed by atoms with van der Waals surface area (Å²) in [5.74, 6) is 0.331. The molecule has 31 heavy (non-hydrogen) atoms. The van der Waals surface area contributed by atoms with Crippen LogP contribution in [0.3, 0.4) is 0 Å². The maximum atomic E-state index is 12.5. The molecule has 10 nitrogen and oxygen atoms in total. The zero-order chi connectivity index (χ0) is 22.0. The largest absolute Gasteiger partial charge is 0.378 e. The summed E-state index contributed by atoms with van der Waals surface area (Å²) >= 11 is 0. The van der Waals surface area contributed by atoms with E-state index in [4.69, 9.17) is 4.74 Å². The van der Waals surface area contributed by atoms with Crippen molar-refractivity contribution in [2.24, 2.45) is 4.99 Å². The first-order chi connectivity index (χ1) is 14.3. The number of piperazine rings is 1. The van der Waals surface area contributed by atoms with E-state index in [0.717, 1.165) is 0 Å². The van der Waals surface area contributed by atoms with Crippen molar-refractivity contribution >= 4 is 51.6 Å². The minimum absolute atomic E-state index is 0. The van der Waals surface area contributed by atoms with Crippen LogP contribution in [0.1, 0.15) is 20.8 Å². The van der Waals surface area contributed by atoms with E-state index in [2.05, 4.69) is 20.6 Å². The van der Waals surface area contributed by atoms with Gasteiger partial charge in [-0.2, -0.15) is 4.31 Å². The fourth-order valence-electron chi connectivity index (χ4n) is 2.91. The van der Waals surface area contributed by atoms with Crippen molar-refractivity contribution in [1.29, 1.82) is 0 Å². The molecule has 0 spiro atoms. The highest BCUT2D eigenvalue weighted by Gasteiger charge is 2.28. The number of amides is 1. The Hall–Kier alpha value is -1.51. The molecule has 0 bridgehead atoms. The van der Waals surface area contributed by atoms with Crippen molar-refractivity contribution in [3.05, 3.63) is 24.5 Å². The Labute approximate surface area is 201 Å². The Morgan fingerprint density at radius 2 is 2.00 bits per heavy atom. The second-order valence-electron chi connectivity index (χ2n) is 7.08. The molecule has 1 saturated heterocycles. The smallest absolute Gasteiger partial charge is 0.246 e. The molecule has 1 aromatic heterocycles. The van der Waals surface area contributed by atoms with E-state index in [0.29, 0.717) is 44.4 Å². The Balaban J connectivity index is 0.00000480. The lowest BCUT2D eigenvalue weighted by Crippen LogP contribution is -2.54. The van der Waals surface area contributed by atoms with Crippen molar-refractivity contribution in [1.82, 2.24) is 19.5 Å². The number of guanidine groups is 1. The van der Waals surface area contributed by atoms with Crippen LogP contribution in [0.2, 0.25) is 0 Å². The van der Waals surface area contributed by atoms with Gasteiger partial charge in [-0.1, -0.05) is 0 Å². The number of sulfonamides is 1. The molecule has 2 N–H and O–H groups in total. The minimum atomic E-state index is -3.35. The molecule has 2 rings (SSSR count). The summed E-state index contributed by atoms with van der Waals surface area (Å²) < 4.78 is 31.8. The van der Waals surface area contributed by atoms with E-state index in [9.17, 15) is 13.2 Å². The Morgan fingerprint density at radius 3 is 2.58 bits per heavy atom. The highest BCUT2D eigenvalue weighted by molar-refractivity contribution is 14.0. The molecule has 0 aliphatic carbocycles. The number of nitrogens with zero attached hydrogens (tertiary/aromatic N) is 4. The number of pyridine rings is 1. The molecule has 0 aromatic carbocycles. The third-order valence-corrected chi connectivity index (χ3v) is 6.21. The van der Waals surface area contributed by atoms with Gasteiger partial charge in [0.05, 0.1) is 30.3 Å². The summed E-state index contributed by atoms with van der Waals surface area (Å²) in [4.78, 5) is 22.5. The minimum Gasteiger partial charge on any atom is -0.378 e. The Kier molecular flexibility index (Phi) is 12.3. The summed E-state index contributed by atoms with van der Waals surface area (Å²) in [6.07, 6.45) is 3.21. The SMILES string of the molecule is CCNC(=NCC(=O)Nc1cccnc1)N1CCN(S(=O)(=O)CCOC(C)C)CC1.I. The molecule has 0 saturated carbocycles. The molecular weight excluding hydrogens is 535 g/mol. The van der Waals surface area contributed by atoms with Gasteiger partial charge in [0.1, 0.15) is 6.54 Å². The lowest BCUT2D eigenvalue weighted by atomic mass is 10.4. The van der Waals surface area contributed by atoms with Crippen LogP contribution in [0.25, 0.3) is 0 Å². The highest BCUT2D eigenvalue weighted by Crippen LogP contribution is 2.09. The number of rotatable bonds is 9. The van der Waals surface area contributed by atoms with Gasteiger partial charge in [0.25, 0.3) is 0 Å². The summed E-state index contributed by atoms with van der Waals surface area (Å²) in [7, 11) is -3.35. The molecule has 0 atom stereocenters. The number of ether oxygens (including phenoxy) is 1. The van der Waals surface area contributed by atoms with Gasteiger partial charge in [-0.05, 0) is 32.9 Å². The third kappa shape index (κ3) is 9.66. The summed E-state index contributed by atoms with van der Waals surface area (Å²) in [5, 5.41) is 5.91. The molecule has 1 amide bonds. The molecule has 1 fully saturated rings. The quantitative estimate of drug-likeness (QED) is 0.259. The monoisotopic (exact) mass is 568 g/mol. The molecule has 0 unspecified atom stereocenters. The van der Waals surface area contributed by atoms with E-state index in [-0.39, 0.29) is 54.9 Å². The van der Waals surface area contributed by atoms with Gasteiger partial charge in [-0.3, -0.25) is 9.78 Å². The number of hydrogen-bond donors (Lipinski definition) is 2. The maximum absolute atomic E-state index is 12.5. The summed E-state index contributed by atoms with van der Waals surface area (Å²) in [6, 6.07) is 3.50. The average Bonchev–Trinajstić information content (AvgIpc) is 2.71. The number of carbonyl (C=O) groups is 1. The van der Waals surface area contributed by atoms with Crippen LogP contribution in [0.5, 0.6) is 0 Å². The normalized spacial score (nSPS) is 15.5. The fourth-order valence-corrected chi connectivity index (χ4v) is 4.19. The third-order valence-electron chi connectivity index (χ3n) is 4.38. The molecule has 1 aromatic rings. The van der Waals surface area contributed by atoms with Crippen LogP contribution >= 0.6 is 24.0 Å². The number of aromatic nitrogens is 1. The lowest BCUT2D eigenvalue weighted by molar-refractivity contribution is -0.114. The molecule has 176 valence electrons. The fraction of sp³-hybridized carbons (Fsp3) is 0.632. The molecule has 2 heterocycles. The average molecular weight is 568 g/mol. The maximum Gasteiger partial charge on any atom is 0.246 e. The van der Waals surface area contributed by atoms with Crippen molar-refractivity contribution < 1.29 is 17.9 Å². The van der Waals surface area contributed by atoms with Crippen LogP contribution in [-0.2, 0) is 19.6 Å². The molecule has 0 radical (unpaired) electrons. The highest BCUT2D eigenvalue weighted by atomic mass is 127. The van der Waals surface area contributed by atoms with Crippen molar-refractivity contribution in [3.8, 4) is 0 Å². The van der Waals surface area contributed by atoms with Gasteiger partial charge < -0.3 is 20.3 Å². The molecule has 1 aliphatic heterocycles. The van der Waals surface area contributed by atoms with Crippen LogP contribution in [0.4, 0.5) is 5.69 Å². The topological polar surface area (TPSA) is 116 Å². The molecule has 12 heteroatoms. The summed E-state index contributed by atoms with van der Waals surface area (Å²) in [6.45, 7) is 8.24. The second-order valence-corrected chi connectivity index (χ2v) is 9.17. The van der Waals surface area contributed by atoms with E-state index in [1.54, 1.807) is 24.5 Å². The Morgan fingerprint density at radius 1 is 1.29 bits per heavy atom. The first kappa shape index (κ1) is 27.5. The standard InChI is InChI=1S/C19H32N6O4S.HI/c1-4-21-19(22-15-18(26)23-17-6-5-7-20-14-17)24-8-10-25(11-9-24)30(27,28)13-12-29-16(2)3;/h5-7,14,16H,4,8-13,15H2,1-3H3,(H,21,22)(H,23,26);1H. The summed E-state index contributed by atoms with van der Waals surface area (Å²) in [5.41, 5.74) is 0.614. The number of anilines is 1. The van der Waals surface area contributed by atoms with Gasteiger partial charge in [0, 0.05) is 38.9 Å². The van der Waals surface area contributed by atoms with E-state index >= 15 is 0 Å². The van der Waals surface area contributed by atoms with Gasteiger partial charge >= 0.3 is 0 Å². The van der Waals surface area contributed by atoms with Crippen LogP contribution in [0, 0.1) is 0 Å². The van der Waals surface area contributed by atoms with Gasteiger partial charge in [0.15, 0.2) is 5.96 Å². The van der Waals surface area contributed by atoms with Gasteiger partial charge in [-0.25, -0.2) is 13.4 Å². The van der Waals surface area contributed by atoms with Gasteiger partial charge in [0.2, 0.25) is 15.9 Å². The second kappa shape index (κ2) is 13.8. The van der Waals surface area contributed by atoms with Crippen molar-refractivity contribution in [2.45, 2.75) is 26.9 Å². The lowest BCUT2D eigenvalue weighted by Gasteiger charge is -2.35. The number of halogens is 1. The van der Waals surface area contributed by atoms with Gasteiger partial charge in [-0.15, -0.1) is 24.0 Å². The predicted molar refractivity (Wildman–Crippen MR) is 132 cm³/mol. The van der Waals surface area contributed by atoms with E-state index in [1.165, 1.54) is 4.31 Å². The zero-order valence-electron chi connectivity index (χ0n) is 18.3. The molecule has 1 aliphatic rings. The Bertz CT molecular complexity index is 799. The first-order valence-corrected chi connectivity index (χ1v) is 11.7. The zero-order valence-corrected chi connectivity index (χ0v) is 21.4. The predicted octanol–water partition coefficient (Wildman–Crippen LogP) is 0.976. The van der Waals surface area contributed by atoms with Crippen LogP contribution < -0.4 is 10.6 Å². The van der Waals surface area contributed by atoms with E-state index in [1.807, 2.05) is 25.7 Å². The molecular formula is C19H33IN6O4S. The number of carbonyl (C=O) groups excluding carboxylic acids is 1. The van der Waals surface area contributed by atoms with Crippen LogP contribution in [-0.4, -0.2) is 92.2 Å². The number of hydrogen-bond acceptors (Lipinski definition) is 6. The van der Waals surface area contributed by atoms with Crippen molar-refractivity contribution in [2.75, 3.05) is 56.9 Å². The van der Waals surface area contributed by atoms with Crippen LogP contribution in [0.15, 0.2) is 29.5 Å².